The highest BCUT2D eigenvalue weighted by atomic mass is 127. The number of halogens is 1. The van der Waals surface area contributed by atoms with Gasteiger partial charge in [0.2, 0.25) is 0 Å². The summed E-state index contributed by atoms with van der Waals surface area (Å²) >= 11 is 2.11. The Bertz CT molecular complexity index is 471. The van der Waals surface area contributed by atoms with E-state index in [-0.39, 0.29) is 0 Å². The number of nitrogens with one attached hydrogen (secondary N) is 1. The molecule has 1 aromatic carbocycles. The van der Waals surface area contributed by atoms with Crippen LogP contribution in [0.1, 0.15) is 5.82 Å². The SMILES string of the molecule is Cc1nccc(-c2cccc(NI)c2)n1. The predicted molar refractivity (Wildman–Crippen MR) is 69.8 cm³/mol. The zero-order chi connectivity index (χ0) is 10.7. The van der Waals surface area contributed by atoms with E-state index in [9.17, 15) is 0 Å². The standard InChI is InChI=1S/C11H10IN3/c1-8-13-6-5-11(14-8)9-3-2-4-10(7-9)15-12/h2-7,15H,1H3. The summed E-state index contributed by atoms with van der Waals surface area (Å²) in [6, 6.07) is 10.0. The van der Waals surface area contributed by atoms with Crippen LogP contribution >= 0.6 is 22.9 Å². The summed E-state index contributed by atoms with van der Waals surface area (Å²) in [4.78, 5) is 8.46. The van der Waals surface area contributed by atoms with Gasteiger partial charge in [-0.05, 0) is 25.1 Å². The lowest BCUT2D eigenvalue weighted by molar-refractivity contribution is 1.06. The van der Waals surface area contributed by atoms with Gasteiger partial charge in [-0.15, -0.1) is 0 Å². The fourth-order valence-corrected chi connectivity index (χ4v) is 1.69. The Morgan fingerprint density at radius 2 is 2.13 bits per heavy atom. The van der Waals surface area contributed by atoms with Gasteiger partial charge in [0.15, 0.2) is 0 Å². The van der Waals surface area contributed by atoms with Crippen LogP contribution in [0.5, 0.6) is 0 Å². The Hall–Kier alpha value is -1.17. The first-order valence-corrected chi connectivity index (χ1v) is 5.64. The van der Waals surface area contributed by atoms with Gasteiger partial charge in [-0.1, -0.05) is 12.1 Å². The van der Waals surface area contributed by atoms with Gasteiger partial charge in [0.25, 0.3) is 0 Å². The van der Waals surface area contributed by atoms with Crippen molar-refractivity contribution in [3.63, 3.8) is 0 Å². The fraction of sp³-hybridized carbons (Fsp3) is 0.0909. The third kappa shape index (κ3) is 2.44. The number of nitrogens with zero attached hydrogens (tertiary/aromatic N) is 2. The van der Waals surface area contributed by atoms with Crippen molar-refractivity contribution in [3.05, 3.63) is 42.4 Å². The molecule has 76 valence electrons. The van der Waals surface area contributed by atoms with E-state index in [4.69, 9.17) is 0 Å². The van der Waals surface area contributed by atoms with Gasteiger partial charge in [0.05, 0.1) is 28.6 Å². The number of hydrogen-bond acceptors (Lipinski definition) is 3. The lowest BCUT2D eigenvalue weighted by Gasteiger charge is -2.03. The molecule has 0 unspecified atom stereocenters. The number of benzene rings is 1. The third-order valence-electron chi connectivity index (χ3n) is 2.04. The van der Waals surface area contributed by atoms with E-state index >= 15 is 0 Å². The number of anilines is 1. The van der Waals surface area contributed by atoms with Gasteiger partial charge >= 0.3 is 0 Å². The van der Waals surface area contributed by atoms with Crippen molar-refractivity contribution in [2.45, 2.75) is 6.92 Å². The smallest absolute Gasteiger partial charge is 0.125 e. The van der Waals surface area contributed by atoms with Crippen LogP contribution in [0, 0.1) is 6.92 Å². The third-order valence-corrected chi connectivity index (χ3v) is 2.67. The predicted octanol–water partition coefficient (Wildman–Crippen LogP) is 3.21. The maximum Gasteiger partial charge on any atom is 0.125 e. The van der Waals surface area contributed by atoms with Gasteiger partial charge in [0.1, 0.15) is 5.82 Å². The monoisotopic (exact) mass is 311 g/mol. The molecule has 0 aliphatic heterocycles. The van der Waals surface area contributed by atoms with E-state index in [2.05, 4.69) is 42.4 Å². The average Bonchev–Trinajstić information content (AvgIpc) is 2.29. The van der Waals surface area contributed by atoms with Crippen LogP contribution in [0.2, 0.25) is 0 Å². The lowest BCUT2D eigenvalue weighted by Crippen LogP contribution is -1.90. The average molecular weight is 311 g/mol. The van der Waals surface area contributed by atoms with Gasteiger partial charge in [-0.2, -0.15) is 0 Å². The van der Waals surface area contributed by atoms with Crippen molar-refractivity contribution in [2.75, 3.05) is 3.53 Å². The quantitative estimate of drug-likeness (QED) is 0.683. The molecule has 2 rings (SSSR count). The molecule has 1 aromatic heterocycles. The number of aryl methyl sites for hydroxylation is 1. The zero-order valence-electron chi connectivity index (χ0n) is 8.24. The van der Waals surface area contributed by atoms with E-state index in [0.717, 1.165) is 22.8 Å². The van der Waals surface area contributed by atoms with Crippen molar-refractivity contribution in [2.24, 2.45) is 0 Å². The van der Waals surface area contributed by atoms with Crippen LogP contribution in [0.4, 0.5) is 5.69 Å². The van der Waals surface area contributed by atoms with Gasteiger partial charge < -0.3 is 3.53 Å². The Morgan fingerprint density at radius 3 is 2.87 bits per heavy atom. The highest BCUT2D eigenvalue weighted by Crippen LogP contribution is 2.21. The van der Waals surface area contributed by atoms with Crippen LogP contribution in [0.15, 0.2) is 36.5 Å². The molecule has 0 spiro atoms. The minimum absolute atomic E-state index is 0.792. The van der Waals surface area contributed by atoms with Crippen molar-refractivity contribution in [3.8, 4) is 11.3 Å². The summed E-state index contributed by atoms with van der Waals surface area (Å²) in [5, 5.41) is 0. The first kappa shape index (κ1) is 10.4. The van der Waals surface area contributed by atoms with Crippen LogP contribution in [0.25, 0.3) is 11.3 Å². The second-order valence-corrected chi connectivity index (χ2v) is 3.70. The number of rotatable bonds is 2. The molecule has 4 heteroatoms. The summed E-state index contributed by atoms with van der Waals surface area (Å²) in [6.07, 6.45) is 1.78. The maximum atomic E-state index is 4.38. The van der Waals surface area contributed by atoms with E-state index < -0.39 is 0 Å². The van der Waals surface area contributed by atoms with Crippen LogP contribution in [0.3, 0.4) is 0 Å². The lowest BCUT2D eigenvalue weighted by atomic mass is 10.1. The molecule has 0 saturated carbocycles. The Morgan fingerprint density at radius 1 is 1.27 bits per heavy atom. The normalized spacial score (nSPS) is 10.0. The summed E-state index contributed by atoms with van der Waals surface area (Å²) in [5.41, 5.74) is 3.13. The first-order chi connectivity index (χ1) is 7.29. The molecule has 0 radical (unpaired) electrons. The molecular weight excluding hydrogens is 301 g/mol. The molecule has 0 bridgehead atoms. The van der Waals surface area contributed by atoms with Crippen molar-refractivity contribution in [1.29, 1.82) is 0 Å². The molecule has 0 amide bonds. The summed E-state index contributed by atoms with van der Waals surface area (Å²) in [6.45, 7) is 1.89. The summed E-state index contributed by atoms with van der Waals surface area (Å²) in [5.74, 6) is 0.792. The molecule has 1 heterocycles. The number of hydrogen-bond donors (Lipinski definition) is 1. The zero-order valence-corrected chi connectivity index (χ0v) is 10.4. The molecule has 0 fully saturated rings. The molecule has 2 aromatic rings. The summed E-state index contributed by atoms with van der Waals surface area (Å²) < 4.78 is 3.08. The van der Waals surface area contributed by atoms with Gasteiger partial charge in [-0.25, -0.2) is 9.97 Å². The molecular formula is C11H10IN3. The fourth-order valence-electron chi connectivity index (χ4n) is 1.35. The summed E-state index contributed by atoms with van der Waals surface area (Å²) in [7, 11) is 0. The van der Waals surface area contributed by atoms with E-state index in [1.807, 2.05) is 31.2 Å². The molecule has 0 aliphatic carbocycles. The number of aromatic nitrogens is 2. The Kier molecular flexibility index (Phi) is 3.15. The molecule has 15 heavy (non-hydrogen) atoms. The minimum Gasteiger partial charge on any atom is -0.328 e. The highest BCUT2D eigenvalue weighted by molar-refractivity contribution is 14.1. The van der Waals surface area contributed by atoms with E-state index in [1.54, 1.807) is 6.20 Å². The van der Waals surface area contributed by atoms with Crippen LogP contribution in [-0.4, -0.2) is 9.97 Å². The Balaban J connectivity index is 2.44. The first-order valence-electron chi connectivity index (χ1n) is 4.56. The molecule has 0 saturated heterocycles. The maximum absolute atomic E-state index is 4.38. The van der Waals surface area contributed by atoms with E-state index in [0.29, 0.717) is 0 Å². The second-order valence-electron chi connectivity index (χ2n) is 3.16. The topological polar surface area (TPSA) is 37.8 Å². The van der Waals surface area contributed by atoms with Gasteiger partial charge in [0, 0.05) is 17.4 Å². The molecule has 3 nitrogen and oxygen atoms in total. The molecule has 1 N–H and O–H groups in total. The van der Waals surface area contributed by atoms with Crippen molar-refractivity contribution >= 4 is 28.6 Å². The molecule has 0 atom stereocenters. The van der Waals surface area contributed by atoms with Crippen LogP contribution in [-0.2, 0) is 0 Å². The largest absolute Gasteiger partial charge is 0.328 e. The van der Waals surface area contributed by atoms with Crippen molar-refractivity contribution in [1.82, 2.24) is 9.97 Å². The van der Waals surface area contributed by atoms with Gasteiger partial charge in [-0.3, -0.25) is 0 Å². The second kappa shape index (κ2) is 4.57. The Labute approximate surface area is 102 Å². The van der Waals surface area contributed by atoms with Crippen LogP contribution < -0.4 is 3.53 Å². The highest BCUT2D eigenvalue weighted by Gasteiger charge is 2.00. The molecule has 0 aliphatic rings. The minimum atomic E-state index is 0.792. The van der Waals surface area contributed by atoms with E-state index in [1.165, 1.54) is 0 Å². The van der Waals surface area contributed by atoms with Crippen molar-refractivity contribution < 1.29 is 0 Å².